The number of aromatic nitrogens is 2. The van der Waals surface area contributed by atoms with E-state index in [0.717, 1.165) is 23.0 Å². The predicted molar refractivity (Wildman–Crippen MR) is 87.1 cm³/mol. The minimum atomic E-state index is -0.443. The van der Waals surface area contributed by atoms with Gasteiger partial charge >= 0.3 is 0 Å². The van der Waals surface area contributed by atoms with Crippen molar-refractivity contribution in [3.8, 4) is 0 Å². The van der Waals surface area contributed by atoms with Crippen LogP contribution in [0, 0.1) is 0 Å². The fraction of sp³-hybridized carbons (Fsp3) is 0.231. The van der Waals surface area contributed by atoms with Crippen molar-refractivity contribution in [2.75, 3.05) is 11.1 Å². The second-order valence-corrected chi connectivity index (χ2v) is 6.60. The molecule has 4 N–H and O–H groups in total. The SMILES string of the molecule is Nc1c(C(=O)Nc2c(Cl)cc(Br)cc2Cl)n[nH]c1C1CC1. The lowest BCUT2D eigenvalue weighted by molar-refractivity contribution is 0.102. The summed E-state index contributed by atoms with van der Waals surface area (Å²) in [6, 6.07) is 3.29. The molecule has 0 radical (unpaired) electrons. The third-order valence-corrected chi connectivity index (χ3v) is 4.33. The van der Waals surface area contributed by atoms with Crippen LogP contribution in [0.1, 0.15) is 34.9 Å². The van der Waals surface area contributed by atoms with Crippen molar-refractivity contribution in [3.05, 3.63) is 38.0 Å². The summed E-state index contributed by atoms with van der Waals surface area (Å²) in [5.74, 6) is -0.0549. The Hall–Kier alpha value is -1.24. The van der Waals surface area contributed by atoms with Gasteiger partial charge in [0.1, 0.15) is 0 Å². The van der Waals surface area contributed by atoms with Crippen LogP contribution in [0.25, 0.3) is 0 Å². The Kier molecular flexibility index (Phi) is 3.86. The Labute approximate surface area is 139 Å². The van der Waals surface area contributed by atoms with Crippen LogP contribution in [0.4, 0.5) is 11.4 Å². The van der Waals surface area contributed by atoms with E-state index in [2.05, 4.69) is 31.4 Å². The quantitative estimate of drug-likeness (QED) is 0.735. The number of nitrogen functional groups attached to an aromatic ring is 1. The van der Waals surface area contributed by atoms with Gasteiger partial charge in [-0.2, -0.15) is 5.10 Å². The number of aromatic amines is 1. The number of anilines is 2. The van der Waals surface area contributed by atoms with Gasteiger partial charge < -0.3 is 11.1 Å². The van der Waals surface area contributed by atoms with Crippen molar-refractivity contribution in [1.82, 2.24) is 10.2 Å². The van der Waals surface area contributed by atoms with E-state index in [9.17, 15) is 4.79 Å². The standard InChI is InChI=1S/C13H11BrCl2N4O/c14-6-3-7(15)11(8(16)4-6)18-13(21)12-9(17)10(19-20-12)5-1-2-5/h3-5H,1-2,17H2,(H,18,21)(H,19,20). The Balaban J connectivity index is 1.87. The molecule has 1 saturated carbocycles. The van der Waals surface area contributed by atoms with Crippen LogP contribution in [0.2, 0.25) is 10.0 Å². The number of hydrogen-bond donors (Lipinski definition) is 3. The van der Waals surface area contributed by atoms with E-state index in [0.29, 0.717) is 27.3 Å². The van der Waals surface area contributed by atoms with Crippen LogP contribution in [0.5, 0.6) is 0 Å². The number of nitrogens with one attached hydrogen (secondary N) is 2. The van der Waals surface area contributed by atoms with Gasteiger partial charge in [0.05, 0.1) is 27.1 Å². The Morgan fingerprint density at radius 3 is 2.57 bits per heavy atom. The number of carbonyl (C=O) groups is 1. The lowest BCUT2D eigenvalue weighted by atomic mass is 10.2. The van der Waals surface area contributed by atoms with Gasteiger partial charge in [0, 0.05) is 10.4 Å². The van der Waals surface area contributed by atoms with Gasteiger partial charge in [-0.25, -0.2) is 0 Å². The van der Waals surface area contributed by atoms with E-state index < -0.39 is 5.91 Å². The highest BCUT2D eigenvalue weighted by molar-refractivity contribution is 9.10. The topological polar surface area (TPSA) is 83.8 Å². The second kappa shape index (κ2) is 5.51. The minimum Gasteiger partial charge on any atom is -0.395 e. The minimum absolute atomic E-state index is 0.159. The van der Waals surface area contributed by atoms with E-state index >= 15 is 0 Å². The van der Waals surface area contributed by atoms with Crippen LogP contribution in [-0.4, -0.2) is 16.1 Å². The molecule has 0 saturated heterocycles. The molecule has 2 aromatic rings. The molecule has 0 spiro atoms. The molecular formula is C13H11BrCl2N4O. The molecule has 1 aromatic heterocycles. The lowest BCUT2D eigenvalue weighted by Gasteiger charge is -2.09. The van der Waals surface area contributed by atoms with Crippen LogP contribution in [-0.2, 0) is 0 Å². The van der Waals surface area contributed by atoms with Crippen molar-refractivity contribution in [2.45, 2.75) is 18.8 Å². The molecule has 1 aromatic carbocycles. The fourth-order valence-corrected chi connectivity index (χ4v) is 3.36. The number of nitrogens with two attached hydrogens (primary N) is 1. The first kappa shape index (κ1) is 14.7. The molecule has 110 valence electrons. The summed E-state index contributed by atoms with van der Waals surface area (Å²) < 4.78 is 0.728. The molecule has 1 aliphatic carbocycles. The maximum absolute atomic E-state index is 12.3. The first-order chi connectivity index (χ1) is 9.97. The van der Waals surface area contributed by atoms with Crippen molar-refractivity contribution < 1.29 is 4.79 Å². The molecule has 5 nitrogen and oxygen atoms in total. The third kappa shape index (κ3) is 2.88. The summed E-state index contributed by atoms with van der Waals surface area (Å²) in [5, 5.41) is 10.1. The molecule has 0 bridgehead atoms. The Bertz CT molecular complexity index is 704. The molecule has 0 unspecified atom stereocenters. The number of nitrogens with zero attached hydrogens (tertiary/aromatic N) is 1. The maximum Gasteiger partial charge on any atom is 0.278 e. The third-order valence-electron chi connectivity index (χ3n) is 3.28. The van der Waals surface area contributed by atoms with Crippen LogP contribution in [0.15, 0.2) is 16.6 Å². The second-order valence-electron chi connectivity index (χ2n) is 4.87. The summed E-state index contributed by atoms with van der Waals surface area (Å²) in [7, 11) is 0. The molecule has 1 amide bonds. The first-order valence-corrected chi connectivity index (χ1v) is 7.82. The molecule has 0 atom stereocenters. The smallest absolute Gasteiger partial charge is 0.278 e. The van der Waals surface area contributed by atoms with E-state index in [1.807, 2.05) is 0 Å². The van der Waals surface area contributed by atoms with Crippen LogP contribution in [0.3, 0.4) is 0 Å². The molecule has 0 aliphatic heterocycles. The number of amides is 1. The molecule has 1 heterocycles. The zero-order valence-electron chi connectivity index (χ0n) is 10.7. The zero-order valence-corrected chi connectivity index (χ0v) is 13.8. The molecule has 21 heavy (non-hydrogen) atoms. The highest BCUT2D eigenvalue weighted by Gasteiger charge is 2.30. The Morgan fingerprint density at radius 2 is 2.00 bits per heavy atom. The van der Waals surface area contributed by atoms with Crippen molar-refractivity contribution in [3.63, 3.8) is 0 Å². The fourth-order valence-electron chi connectivity index (χ4n) is 2.05. The molecule has 8 heteroatoms. The highest BCUT2D eigenvalue weighted by Crippen LogP contribution is 2.42. The zero-order chi connectivity index (χ0) is 15.1. The molecule has 3 rings (SSSR count). The van der Waals surface area contributed by atoms with E-state index in [4.69, 9.17) is 28.9 Å². The van der Waals surface area contributed by atoms with E-state index in [1.165, 1.54) is 0 Å². The van der Waals surface area contributed by atoms with E-state index in [-0.39, 0.29) is 5.69 Å². The van der Waals surface area contributed by atoms with Gasteiger partial charge in [-0.3, -0.25) is 9.89 Å². The summed E-state index contributed by atoms with van der Waals surface area (Å²) in [6.07, 6.45) is 2.13. The Morgan fingerprint density at radius 1 is 1.38 bits per heavy atom. The first-order valence-electron chi connectivity index (χ1n) is 6.27. The van der Waals surface area contributed by atoms with Crippen LogP contribution < -0.4 is 11.1 Å². The largest absolute Gasteiger partial charge is 0.395 e. The number of halogens is 3. The average molecular weight is 390 g/mol. The number of rotatable bonds is 3. The van der Waals surface area contributed by atoms with E-state index in [1.54, 1.807) is 12.1 Å². The summed E-state index contributed by atoms with van der Waals surface area (Å²) >= 11 is 15.4. The van der Waals surface area contributed by atoms with Crippen molar-refractivity contribution in [1.29, 1.82) is 0 Å². The number of H-pyrrole nitrogens is 1. The lowest BCUT2D eigenvalue weighted by Crippen LogP contribution is -2.15. The van der Waals surface area contributed by atoms with Gasteiger partial charge in [-0.05, 0) is 25.0 Å². The monoisotopic (exact) mass is 388 g/mol. The summed E-state index contributed by atoms with van der Waals surface area (Å²) in [5.41, 5.74) is 7.68. The molecule has 1 fully saturated rings. The molecular weight excluding hydrogens is 379 g/mol. The maximum atomic E-state index is 12.3. The van der Waals surface area contributed by atoms with Gasteiger partial charge in [-0.15, -0.1) is 0 Å². The van der Waals surface area contributed by atoms with Crippen LogP contribution >= 0.6 is 39.1 Å². The summed E-state index contributed by atoms with van der Waals surface area (Å²) in [6.45, 7) is 0. The normalized spacial score (nSPS) is 14.2. The average Bonchev–Trinajstić information content (AvgIpc) is 3.17. The predicted octanol–water partition coefficient (Wildman–Crippen LogP) is 4.19. The molecule has 1 aliphatic rings. The van der Waals surface area contributed by atoms with Crippen molar-refractivity contribution >= 4 is 56.4 Å². The van der Waals surface area contributed by atoms with Gasteiger partial charge in [0.2, 0.25) is 0 Å². The van der Waals surface area contributed by atoms with Gasteiger partial charge in [0.15, 0.2) is 5.69 Å². The number of hydrogen-bond acceptors (Lipinski definition) is 3. The van der Waals surface area contributed by atoms with Crippen molar-refractivity contribution in [2.24, 2.45) is 0 Å². The highest BCUT2D eigenvalue weighted by atomic mass is 79.9. The number of carbonyl (C=O) groups excluding carboxylic acids is 1. The van der Waals surface area contributed by atoms with Gasteiger partial charge in [0.25, 0.3) is 5.91 Å². The summed E-state index contributed by atoms with van der Waals surface area (Å²) in [4.78, 5) is 12.3. The van der Waals surface area contributed by atoms with Gasteiger partial charge in [-0.1, -0.05) is 39.1 Å². The number of benzene rings is 1.